The van der Waals surface area contributed by atoms with Crippen molar-refractivity contribution in [3.63, 3.8) is 0 Å². The van der Waals surface area contributed by atoms with Crippen LogP contribution in [0.3, 0.4) is 0 Å². The molecule has 2 aliphatic rings. The number of aromatic nitrogens is 2. The Bertz CT molecular complexity index is 798. The molecule has 25 heavy (non-hydrogen) atoms. The van der Waals surface area contributed by atoms with E-state index in [-0.39, 0.29) is 11.7 Å². The minimum atomic E-state index is -0.523. The summed E-state index contributed by atoms with van der Waals surface area (Å²) in [5, 5.41) is 9.43. The second-order valence-corrected chi connectivity index (χ2v) is 6.91. The molecule has 136 valence electrons. The van der Waals surface area contributed by atoms with Crippen molar-refractivity contribution < 1.29 is 4.74 Å². The molecule has 0 bridgehead atoms. The molecule has 0 aromatic carbocycles. The molecule has 0 N–H and O–H groups in total. The van der Waals surface area contributed by atoms with Crippen molar-refractivity contribution in [1.29, 1.82) is 5.26 Å². The molecule has 0 spiro atoms. The third-order valence-electron chi connectivity index (χ3n) is 5.30. The smallest absolute Gasteiger partial charge is 0.332 e. The van der Waals surface area contributed by atoms with E-state index >= 15 is 0 Å². The van der Waals surface area contributed by atoms with Gasteiger partial charge in [0.05, 0.1) is 12.7 Å². The summed E-state index contributed by atoms with van der Waals surface area (Å²) in [6, 6.07) is 2.47. The molecule has 8 heteroatoms. The van der Waals surface area contributed by atoms with Gasteiger partial charge in [0.2, 0.25) is 0 Å². The summed E-state index contributed by atoms with van der Waals surface area (Å²) in [5.74, 6) is 0.449. The third kappa shape index (κ3) is 3.22. The van der Waals surface area contributed by atoms with Crippen molar-refractivity contribution in [2.45, 2.75) is 31.9 Å². The lowest BCUT2D eigenvalue weighted by molar-refractivity contribution is -0.0374. The molecule has 1 aromatic rings. The predicted octanol–water partition coefficient (Wildman–Crippen LogP) is -0.355. The first kappa shape index (κ1) is 17.7. The summed E-state index contributed by atoms with van der Waals surface area (Å²) in [6.07, 6.45) is 2.15. The highest BCUT2D eigenvalue weighted by Crippen LogP contribution is 2.24. The number of piperidine rings is 1. The Labute approximate surface area is 146 Å². The molecule has 1 aromatic heterocycles. The van der Waals surface area contributed by atoms with E-state index in [0.717, 1.165) is 50.2 Å². The monoisotopic (exact) mass is 347 g/mol. The fourth-order valence-electron chi connectivity index (χ4n) is 3.92. The molecule has 0 aliphatic carbocycles. The molecule has 0 saturated carbocycles. The molecule has 3 rings (SSSR count). The number of hydrogen-bond acceptors (Lipinski definition) is 6. The van der Waals surface area contributed by atoms with Crippen LogP contribution in [-0.2, 0) is 18.8 Å². The average molecular weight is 347 g/mol. The van der Waals surface area contributed by atoms with Crippen molar-refractivity contribution in [2.75, 3.05) is 37.7 Å². The van der Waals surface area contributed by atoms with Gasteiger partial charge in [0.15, 0.2) is 5.56 Å². The van der Waals surface area contributed by atoms with Gasteiger partial charge in [-0.05, 0) is 19.8 Å². The number of nitrogens with zero attached hydrogens (tertiary/aromatic N) is 5. The number of morpholine rings is 1. The Kier molecular flexibility index (Phi) is 4.97. The van der Waals surface area contributed by atoms with Gasteiger partial charge in [0.25, 0.3) is 5.56 Å². The zero-order chi connectivity index (χ0) is 18.1. The Morgan fingerprint density at radius 2 is 1.80 bits per heavy atom. The lowest BCUT2D eigenvalue weighted by Gasteiger charge is -2.42. The molecular formula is C17H25N5O3. The first-order valence-corrected chi connectivity index (χ1v) is 8.74. The number of anilines is 1. The second kappa shape index (κ2) is 7.02. The number of hydrogen-bond donors (Lipinski definition) is 0. The van der Waals surface area contributed by atoms with E-state index in [1.807, 2.05) is 11.0 Å². The van der Waals surface area contributed by atoms with Crippen LogP contribution >= 0.6 is 0 Å². The molecule has 3 heterocycles. The summed E-state index contributed by atoms with van der Waals surface area (Å²) >= 11 is 0. The van der Waals surface area contributed by atoms with Gasteiger partial charge in [0, 0.05) is 46.3 Å². The maximum absolute atomic E-state index is 12.3. The minimum Gasteiger partial charge on any atom is -0.376 e. The normalized spacial score (nSPS) is 22.8. The van der Waals surface area contributed by atoms with Crippen LogP contribution in [0.1, 0.15) is 25.3 Å². The second-order valence-electron chi connectivity index (χ2n) is 6.91. The van der Waals surface area contributed by atoms with Crippen molar-refractivity contribution in [2.24, 2.45) is 14.1 Å². The maximum Gasteiger partial charge on any atom is 0.332 e. The van der Waals surface area contributed by atoms with E-state index in [4.69, 9.17) is 4.74 Å². The van der Waals surface area contributed by atoms with E-state index in [1.54, 1.807) is 7.05 Å². The van der Waals surface area contributed by atoms with Crippen LogP contribution in [0.15, 0.2) is 9.59 Å². The fourth-order valence-corrected chi connectivity index (χ4v) is 3.92. The van der Waals surface area contributed by atoms with Gasteiger partial charge in [-0.25, -0.2) is 4.79 Å². The van der Waals surface area contributed by atoms with Gasteiger partial charge in [0.1, 0.15) is 11.9 Å². The Hall–Kier alpha value is -2.11. The SMILES string of the molecule is C[C@H]1CN(C2CCN(c3c(C#N)c(=O)n(C)c(=O)n3C)CC2)CCO1. The van der Waals surface area contributed by atoms with Gasteiger partial charge in [-0.15, -0.1) is 0 Å². The molecule has 1 atom stereocenters. The van der Waals surface area contributed by atoms with Crippen LogP contribution < -0.4 is 16.1 Å². The molecule has 2 fully saturated rings. The van der Waals surface area contributed by atoms with E-state index in [2.05, 4.69) is 11.8 Å². The fraction of sp³-hybridized carbons (Fsp3) is 0.706. The van der Waals surface area contributed by atoms with Gasteiger partial charge in [-0.2, -0.15) is 5.26 Å². The number of rotatable bonds is 2. The highest BCUT2D eigenvalue weighted by atomic mass is 16.5. The summed E-state index contributed by atoms with van der Waals surface area (Å²) in [6.45, 7) is 6.21. The number of nitriles is 1. The van der Waals surface area contributed by atoms with E-state index in [0.29, 0.717) is 11.9 Å². The summed E-state index contributed by atoms with van der Waals surface area (Å²) < 4.78 is 8.01. The molecule has 2 saturated heterocycles. The van der Waals surface area contributed by atoms with Crippen LogP contribution in [0.5, 0.6) is 0 Å². The standard InChI is InChI=1S/C17H25N5O3/c1-12-11-22(8-9-25-12)13-4-6-21(7-5-13)15-14(10-18)16(23)20(3)17(24)19(15)2/h12-13H,4-9,11H2,1-3H3/t12-/m0/s1. The highest BCUT2D eigenvalue weighted by molar-refractivity contribution is 5.53. The van der Waals surface area contributed by atoms with Gasteiger partial charge < -0.3 is 9.64 Å². The predicted molar refractivity (Wildman–Crippen MR) is 93.9 cm³/mol. The quantitative estimate of drug-likeness (QED) is 0.727. The molecule has 8 nitrogen and oxygen atoms in total. The van der Waals surface area contributed by atoms with E-state index < -0.39 is 11.2 Å². The Morgan fingerprint density at radius 1 is 1.12 bits per heavy atom. The van der Waals surface area contributed by atoms with Crippen LogP contribution in [0.25, 0.3) is 0 Å². The Morgan fingerprint density at radius 3 is 2.40 bits per heavy atom. The molecule has 0 amide bonds. The zero-order valence-corrected chi connectivity index (χ0v) is 15.1. The highest BCUT2D eigenvalue weighted by Gasteiger charge is 2.30. The topological polar surface area (TPSA) is 83.5 Å². The van der Waals surface area contributed by atoms with Crippen molar-refractivity contribution in [1.82, 2.24) is 14.0 Å². The maximum atomic E-state index is 12.3. The van der Waals surface area contributed by atoms with Crippen molar-refractivity contribution in [3.05, 3.63) is 26.4 Å². The lowest BCUT2D eigenvalue weighted by Crippen LogP contribution is -2.52. The minimum absolute atomic E-state index is 0.0445. The molecule has 0 radical (unpaired) electrons. The van der Waals surface area contributed by atoms with Crippen LogP contribution in [-0.4, -0.2) is 59.0 Å². The lowest BCUT2D eigenvalue weighted by atomic mass is 10.0. The van der Waals surface area contributed by atoms with E-state index in [9.17, 15) is 14.9 Å². The van der Waals surface area contributed by atoms with Crippen molar-refractivity contribution >= 4 is 5.82 Å². The summed E-state index contributed by atoms with van der Waals surface area (Å²) in [7, 11) is 3.02. The zero-order valence-electron chi connectivity index (χ0n) is 15.1. The van der Waals surface area contributed by atoms with Crippen molar-refractivity contribution in [3.8, 4) is 6.07 Å². The van der Waals surface area contributed by atoms with Crippen LogP contribution in [0.2, 0.25) is 0 Å². The summed E-state index contributed by atoms with van der Waals surface area (Å²) in [4.78, 5) is 29.0. The van der Waals surface area contributed by atoms with Crippen LogP contribution in [0, 0.1) is 11.3 Å². The first-order chi connectivity index (χ1) is 11.9. The van der Waals surface area contributed by atoms with Gasteiger partial charge in [-0.3, -0.25) is 18.8 Å². The summed E-state index contributed by atoms with van der Waals surface area (Å²) in [5.41, 5.74) is -0.879. The number of ether oxygens (including phenoxy) is 1. The molecular weight excluding hydrogens is 322 g/mol. The molecule has 2 aliphatic heterocycles. The molecule has 0 unspecified atom stereocenters. The largest absolute Gasteiger partial charge is 0.376 e. The third-order valence-corrected chi connectivity index (χ3v) is 5.30. The van der Waals surface area contributed by atoms with Gasteiger partial charge >= 0.3 is 5.69 Å². The first-order valence-electron chi connectivity index (χ1n) is 8.74. The average Bonchev–Trinajstić information content (AvgIpc) is 2.63. The Balaban J connectivity index is 1.81. The van der Waals surface area contributed by atoms with Crippen LogP contribution in [0.4, 0.5) is 5.82 Å². The van der Waals surface area contributed by atoms with E-state index in [1.165, 1.54) is 11.6 Å². The van der Waals surface area contributed by atoms with Gasteiger partial charge in [-0.1, -0.05) is 0 Å².